The Bertz CT molecular complexity index is 1440. The fraction of sp³-hybridized carbons (Fsp3) is 0.0909. The standard InChI is InChI=1S/C22H15FN2O3S/c23-15-9-7-14(8-10-15)12-24-19-17-5-1-2-6-18(17)29-20(19)21(26)25(22(24)27)13-16-4-3-11-28-16/h1-11H,12-13H2. The first-order valence-corrected chi connectivity index (χ1v) is 9.85. The number of thiophene rings is 1. The summed E-state index contributed by atoms with van der Waals surface area (Å²) >= 11 is 1.37. The predicted octanol–water partition coefficient (Wildman–Crippen LogP) is 4.21. The molecule has 0 atom stereocenters. The Morgan fingerprint density at radius 2 is 1.69 bits per heavy atom. The fourth-order valence-electron chi connectivity index (χ4n) is 3.51. The molecule has 5 aromatic rings. The molecule has 5 rings (SSSR count). The first-order chi connectivity index (χ1) is 14.1. The van der Waals surface area contributed by atoms with Gasteiger partial charge in [0.25, 0.3) is 5.56 Å². The summed E-state index contributed by atoms with van der Waals surface area (Å²) in [5.74, 6) is 0.188. The molecule has 144 valence electrons. The van der Waals surface area contributed by atoms with Crippen LogP contribution >= 0.6 is 11.3 Å². The van der Waals surface area contributed by atoms with Crippen LogP contribution in [0.4, 0.5) is 4.39 Å². The molecule has 0 unspecified atom stereocenters. The van der Waals surface area contributed by atoms with Crippen LogP contribution in [-0.4, -0.2) is 9.13 Å². The highest BCUT2D eigenvalue weighted by Gasteiger charge is 2.19. The average Bonchev–Trinajstić information content (AvgIpc) is 3.38. The van der Waals surface area contributed by atoms with E-state index in [1.54, 1.807) is 28.8 Å². The lowest BCUT2D eigenvalue weighted by molar-refractivity contribution is 0.479. The van der Waals surface area contributed by atoms with Gasteiger partial charge in [0.1, 0.15) is 16.3 Å². The Labute approximate surface area is 167 Å². The highest BCUT2D eigenvalue weighted by Crippen LogP contribution is 2.31. The topological polar surface area (TPSA) is 57.1 Å². The Kier molecular flexibility index (Phi) is 4.17. The van der Waals surface area contributed by atoms with Crippen molar-refractivity contribution in [3.05, 3.63) is 105 Å². The molecule has 0 radical (unpaired) electrons. The lowest BCUT2D eigenvalue weighted by Crippen LogP contribution is -2.40. The number of fused-ring (bicyclic) bond motifs is 3. The lowest BCUT2D eigenvalue weighted by Gasteiger charge is -2.12. The number of halogens is 1. The Balaban J connectivity index is 1.81. The normalized spacial score (nSPS) is 11.5. The SMILES string of the molecule is O=c1c2sc3ccccc3c2n(Cc2ccc(F)cc2)c(=O)n1Cc1ccco1. The first-order valence-electron chi connectivity index (χ1n) is 9.03. The number of rotatable bonds is 4. The molecule has 7 heteroatoms. The van der Waals surface area contributed by atoms with Crippen LogP contribution < -0.4 is 11.2 Å². The van der Waals surface area contributed by atoms with Gasteiger partial charge in [0.05, 0.1) is 24.9 Å². The molecule has 0 aliphatic rings. The third kappa shape index (κ3) is 3.00. The molecule has 3 heterocycles. The van der Waals surface area contributed by atoms with E-state index in [-0.39, 0.29) is 24.5 Å². The van der Waals surface area contributed by atoms with Crippen molar-refractivity contribution in [1.82, 2.24) is 9.13 Å². The maximum Gasteiger partial charge on any atom is 0.332 e. The van der Waals surface area contributed by atoms with Gasteiger partial charge in [-0.1, -0.05) is 30.3 Å². The van der Waals surface area contributed by atoms with Crippen molar-refractivity contribution in [2.75, 3.05) is 0 Å². The highest BCUT2D eigenvalue weighted by atomic mass is 32.1. The minimum absolute atomic E-state index is 0.0538. The van der Waals surface area contributed by atoms with Crippen LogP contribution in [-0.2, 0) is 13.1 Å². The van der Waals surface area contributed by atoms with Crippen LogP contribution in [0.3, 0.4) is 0 Å². The van der Waals surface area contributed by atoms with E-state index in [0.29, 0.717) is 16.0 Å². The van der Waals surface area contributed by atoms with Gasteiger partial charge >= 0.3 is 5.69 Å². The number of furan rings is 1. The zero-order chi connectivity index (χ0) is 20.0. The van der Waals surface area contributed by atoms with Crippen molar-refractivity contribution in [2.45, 2.75) is 13.1 Å². The Morgan fingerprint density at radius 1 is 0.897 bits per heavy atom. The molecule has 0 N–H and O–H groups in total. The molecule has 0 spiro atoms. The molecular formula is C22H15FN2O3S. The van der Waals surface area contributed by atoms with Gasteiger partial charge in [-0.3, -0.25) is 13.9 Å². The summed E-state index contributed by atoms with van der Waals surface area (Å²) in [4.78, 5) is 26.5. The van der Waals surface area contributed by atoms with Crippen LogP contribution in [0.25, 0.3) is 20.3 Å². The van der Waals surface area contributed by atoms with E-state index in [1.807, 2.05) is 24.3 Å². The highest BCUT2D eigenvalue weighted by molar-refractivity contribution is 7.25. The summed E-state index contributed by atoms with van der Waals surface area (Å²) in [5, 5.41) is 0.856. The Hall–Kier alpha value is -3.45. The molecule has 0 fully saturated rings. The fourth-order valence-corrected chi connectivity index (χ4v) is 4.67. The van der Waals surface area contributed by atoms with Crippen molar-refractivity contribution >= 4 is 31.6 Å². The first kappa shape index (κ1) is 17.6. The smallest absolute Gasteiger partial charge is 0.332 e. The van der Waals surface area contributed by atoms with Crippen LogP contribution in [0.5, 0.6) is 0 Å². The third-order valence-corrected chi connectivity index (χ3v) is 6.04. The quantitative estimate of drug-likeness (QED) is 0.449. The van der Waals surface area contributed by atoms with Crippen molar-refractivity contribution in [3.8, 4) is 0 Å². The molecule has 0 bridgehead atoms. The van der Waals surface area contributed by atoms with Gasteiger partial charge in [0, 0.05) is 10.1 Å². The van der Waals surface area contributed by atoms with Gasteiger partial charge in [0.2, 0.25) is 0 Å². The van der Waals surface area contributed by atoms with Crippen molar-refractivity contribution < 1.29 is 8.81 Å². The summed E-state index contributed by atoms with van der Waals surface area (Å²) < 4.78 is 22.9. The minimum Gasteiger partial charge on any atom is -0.467 e. The van der Waals surface area contributed by atoms with Gasteiger partial charge in [-0.05, 0) is 35.9 Å². The maximum absolute atomic E-state index is 13.4. The summed E-state index contributed by atoms with van der Waals surface area (Å²) in [7, 11) is 0. The van der Waals surface area contributed by atoms with Gasteiger partial charge in [-0.2, -0.15) is 0 Å². The zero-order valence-corrected chi connectivity index (χ0v) is 16.0. The van der Waals surface area contributed by atoms with Crippen LogP contribution in [0.15, 0.2) is 80.9 Å². The van der Waals surface area contributed by atoms with Gasteiger partial charge in [-0.15, -0.1) is 11.3 Å². The molecule has 3 aromatic heterocycles. The number of hydrogen-bond donors (Lipinski definition) is 0. The molecule has 5 nitrogen and oxygen atoms in total. The second-order valence-electron chi connectivity index (χ2n) is 6.74. The number of aromatic nitrogens is 2. The summed E-state index contributed by atoms with van der Waals surface area (Å²) in [6.07, 6.45) is 1.51. The monoisotopic (exact) mass is 406 g/mol. The molecule has 0 saturated carbocycles. The minimum atomic E-state index is -0.424. The van der Waals surface area contributed by atoms with Gasteiger partial charge in [-0.25, -0.2) is 9.18 Å². The number of hydrogen-bond acceptors (Lipinski definition) is 4. The average molecular weight is 406 g/mol. The van der Waals surface area contributed by atoms with E-state index in [1.165, 1.54) is 34.3 Å². The van der Waals surface area contributed by atoms with E-state index in [9.17, 15) is 14.0 Å². The van der Waals surface area contributed by atoms with Crippen LogP contribution in [0.1, 0.15) is 11.3 Å². The van der Waals surface area contributed by atoms with E-state index in [2.05, 4.69) is 0 Å². The number of nitrogens with zero attached hydrogens (tertiary/aromatic N) is 2. The second kappa shape index (κ2) is 6.86. The molecule has 0 amide bonds. The molecule has 0 aliphatic carbocycles. The zero-order valence-electron chi connectivity index (χ0n) is 15.2. The lowest BCUT2D eigenvalue weighted by atomic mass is 10.2. The summed E-state index contributed by atoms with van der Waals surface area (Å²) in [5.41, 5.74) is 0.624. The van der Waals surface area contributed by atoms with Crippen molar-refractivity contribution in [2.24, 2.45) is 0 Å². The van der Waals surface area contributed by atoms with E-state index in [0.717, 1.165) is 15.6 Å². The van der Waals surface area contributed by atoms with Crippen LogP contribution in [0.2, 0.25) is 0 Å². The maximum atomic E-state index is 13.4. The van der Waals surface area contributed by atoms with Gasteiger partial charge in [0.15, 0.2) is 0 Å². The predicted molar refractivity (Wildman–Crippen MR) is 111 cm³/mol. The van der Waals surface area contributed by atoms with Crippen molar-refractivity contribution in [1.29, 1.82) is 0 Å². The van der Waals surface area contributed by atoms with E-state index < -0.39 is 5.69 Å². The molecule has 2 aromatic carbocycles. The summed E-state index contributed by atoms with van der Waals surface area (Å²) in [6.45, 7) is 0.285. The molecule has 29 heavy (non-hydrogen) atoms. The second-order valence-corrected chi connectivity index (χ2v) is 7.79. The van der Waals surface area contributed by atoms with Crippen LogP contribution in [0, 0.1) is 5.82 Å². The molecule has 0 saturated heterocycles. The summed E-state index contributed by atoms with van der Waals surface area (Å²) in [6, 6.07) is 17.1. The molecule has 0 aliphatic heterocycles. The third-order valence-electron chi connectivity index (χ3n) is 4.89. The Morgan fingerprint density at radius 3 is 2.45 bits per heavy atom. The largest absolute Gasteiger partial charge is 0.467 e. The van der Waals surface area contributed by atoms with Gasteiger partial charge < -0.3 is 4.42 Å². The van der Waals surface area contributed by atoms with E-state index >= 15 is 0 Å². The van der Waals surface area contributed by atoms with Crippen molar-refractivity contribution in [3.63, 3.8) is 0 Å². The molecular weight excluding hydrogens is 391 g/mol. The number of benzene rings is 2. The van der Waals surface area contributed by atoms with E-state index in [4.69, 9.17) is 4.42 Å².